The molecule has 1 aliphatic rings. The van der Waals surface area contributed by atoms with Gasteiger partial charge in [0.1, 0.15) is 0 Å². The average Bonchev–Trinajstić information content (AvgIpc) is 2.87. The normalized spacial score (nSPS) is 21.6. The van der Waals surface area contributed by atoms with Gasteiger partial charge in [0, 0.05) is 24.3 Å². The first kappa shape index (κ1) is 13.4. The maximum atomic E-state index is 6.26. The molecule has 2 nitrogen and oxygen atoms in total. The lowest BCUT2D eigenvalue weighted by atomic mass is 9.98. The predicted molar refractivity (Wildman–Crippen MR) is 78.9 cm³/mol. The fraction of sp³-hybridized carbons (Fsp3) is 0.625. The molecule has 0 radical (unpaired) electrons. The second-order valence-corrected chi connectivity index (χ2v) is 5.72. The third-order valence-electron chi connectivity index (χ3n) is 4.15. The second-order valence-electron chi connectivity index (χ2n) is 5.72. The van der Waals surface area contributed by atoms with E-state index < -0.39 is 0 Å². The van der Waals surface area contributed by atoms with Crippen LogP contribution < -0.4 is 10.6 Å². The van der Waals surface area contributed by atoms with E-state index in [2.05, 4.69) is 49.9 Å². The van der Waals surface area contributed by atoms with E-state index in [4.69, 9.17) is 5.73 Å². The number of hydrogen-bond acceptors (Lipinski definition) is 2. The molecular formula is C16H26N2. The molecule has 1 aliphatic heterocycles. The first-order chi connectivity index (χ1) is 8.65. The summed E-state index contributed by atoms with van der Waals surface area (Å²) in [5, 5.41) is 0. The molecule has 2 rings (SSSR count). The topological polar surface area (TPSA) is 29.3 Å². The largest absolute Gasteiger partial charge is 0.368 e. The van der Waals surface area contributed by atoms with Gasteiger partial charge in [-0.05, 0) is 36.8 Å². The molecule has 0 aromatic heterocycles. The Morgan fingerprint density at radius 2 is 2.06 bits per heavy atom. The van der Waals surface area contributed by atoms with Gasteiger partial charge in [-0.2, -0.15) is 0 Å². The second kappa shape index (κ2) is 5.75. The number of anilines is 1. The zero-order chi connectivity index (χ0) is 13.1. The third-order valence-corrected chi connectivity index (χ3v) is 4.15. The minimum Gasteiger partial charge on any atom is -0.368 e. The number of nitrogens with zero attached hydrogens (tertiary/aromatic N) is 1. The van der Waals surface area contributed by atoms with Crippen LogP contribution in [0.1, 0.15) is 51.6 Å². The fourth-order valence-corrected chi connectivity index (χ4v) is 3.07. The van der Waals surface area contributed by atoms with E-state index >= 15 is 0 Å². The SMILES string of the molecule is CC[C@H](N)c1ccccc1N1CCCC1C(C)C. The van der Waals surface area contributed by atoms with Crippen LogP contribution in [0.15, 0.2) is 24.3 Å². The van der Waals surface area contributed by atoms with Crippen LogP contribution in [0, 0.1) is 5.92 Å². The summed E-state index contributed by atoms with van der Waals surface area (Å²) in [6, 6.07) is 9.51. The van der Waals surface area contributed by atoms with Crippen molar-refractivity contribution in [3.63, 3.8) is 0 Å². The molecule has 0 spiro atoms. The lowest BCUT2D eigenvalue weighted by Gasteiger charge is -2.32. The summed E-state index contributed by atoms with van der Waals surface area (Å²) in [6.45, 7) is 7.98. The number of para-hydroxylation sites is 1. The van der Waals surface area contributed by atoms with Crippen LogP contribution in [0.25, 0.3) is 0 Å². The molecule has 18 heavy (non-hydrogen) atoms. The van der Waals surface area contributed by atoms with Crippen LogP contribution >= 0.6 is 0 Å². The highest BCUT2D eigenvalue weighted by Crippen LogP contribution is 2.34. The zero-order valence-electron chi connectivity index (χ0n) is 11.9. The molecular weight excluding hydrogens is 220 g/mol. The minimum atomic E-state index is 0.162. The molecule has 0 amide bonds. The number of nitrogens with two attached hydrogens (primary N) is 1. The van der Waals surface area contributed by atoms with Crippen LogP contribution in [0.2, 0.25) is 0 Å². The van der Waals surface area contributed by atoms with Crippen molar-refractivity contribution in [2.75, 3.05) is 11.4 Å². The van der Waals surface area contributed by atoms with Gasteiger partial charge < -0.3 is 10.6 Å². The third kappa shape index (κ3) is 2.54. The van der Waals surface area contributed by atoms with E-state index in [9.17, 15) is 0 Å². The van der Waals surface area contributed by atoms with E-state index in [1.54, 1.807) is 0 Å². The van der Waals surface area contributed by atoms with Crippen LogP contribution in [0.3, 0.4) is 0 Å². The first-order valence-electron chi connectivity index (χ1n) is 7.26. The maximum absolute atomic E-state index is 6.26. The molecule has 1 unspecified atom stereocenters. The lowest BCUT2D eigenvalue weighted by molar-refractivity contribution is 0.490. The van der Waals surface area contributed by atoms with Crippen molar-refractivity contribution < 1.29 is 0 Å². The van der Waals surface area contributed by atoms with Gasteiger partial charge in [-0.25, -0.2) is 0 Å². The van der Waals surface area contributed by atoms with Gasteiger partial charge >= 0.3 is 0 Å². The number of hydrogen-bond donors (Lipinski definition) is 1. The van der Waals surface area contributed by atoms with E-state index in [1.807, 2.05) is 0 Å². The van der Waals surface area contributed by atoms with E-state index in [0.717, 1.165) is 6.42 Å². The summed E-state index contributed by atoms with van der Waals surface area (Å²) < 4.78 is 0. The number of rotatable bonds is 4. The number of benzene rings is 1. The smallest absolute Gasteiger partial charge is 0.0417 e. The van der Waals surface area contributed by atoms with Crippen molar-refractivity contribution in [1.82, 2.24) is 0 Å². The summed E-state index contributed by atoms with van der Waals surface area (Å²) in [5.41, 5.74) is 8.93. The van der Waals surface area contributed by atoms with E-state index in [-0.39, 0.29) is 6.04 Å². The summed E-state index contributed by atoms with van der Waals surface area (Å²) in [4.78, 5) is 2.58. The minimum absolute atomic E-state index is 0.162. The molecule has 1 aromatic carbocycles. The molecule has 1 saturated heterocycles. The standard InChI is InChI=1S/C16H26N2/c1-4-14(17)13-8-5-6-9-16(13)18-11-7-10-15(18)12(2)3/h5-6,8-9,12,14-15H,4,7,10-11,17H2,1-3H3/t14-,15?/m0/s1. The summed E-state index contributed by atoms with van der Waals surface area (Å²) in [7, 11) is 0. The highest BCUT2D eigenvalue weighted by atomic mass is 15.2. The first-order valence-corrected chi connectivity index (χ1v) is 7.26. The highest BCUT2D eigenvalue weighted by molar-refractivity contribution is 5.56. The molecule has 0 aliphatic carbocycles. The Balaban J connectivity index is 2.32. The summed E-state index contributed by atoms with van der Waals surface area (Å²) in [6.07, 6.45) is 3.61. The molecule has 2 heteroatoms. The Hall–Kier alpha value is -1.02. The lowest BCUT2D eigenvalue weighted by Crippen LogP contribution is -2.34. The van der Waals surface area contributed by atoms with Crippen LogP contribution in [-0.2, 0) is 0 Å². The Labute approximate surface area is 111 Å². The van der Waals surface area contributed by atoms with Crippen molar-refractivity contribution >= 4 is 5.69 Å². The monoisotopic (exact) mass is 246 g/mol. The van der Waals surface area contributed by atoms with Gasteiger partial charge in [0.05, 0.1) is 0 Å². The zero-order valence-corrected chi connectivity index (χ0v) is 11.9. The maximum Gasteiger partial charge on any atom is 0.0417 e. The molecule has 1 aromatic rings. The predicted octanol–water partition coefficient (Wildman–Crippen LogP) is 3.72. The molecule has 1 fully saturated rings. The van der Waals surface area contributed by atoms with E-state index in [0.29, 0.717) is 12.0 Å². The molecule has 2 N–H and O–H groups in total. The van der Waals surface area contributed by atoms with Gasteiger partial charge in [0.15, 0.2) is 0 Å². The Kier molecular flexibility index (Phi) is 4.28. The van der Waals surface area contributed by atoms with Crippen molar-refractivity contribution in [2.45, 2.75) is 52.1 Å². The Morgan fingerprint density at radius 1 is 1.33 bits per heavy atom. The fourth-order valence-electron chi connectivity index (χ4n) is 3.07. The van der Waals surface area contributed by atoms with Gasteiger partial charge in [-0.15, -0.1) is 0 Å². The van der Waals surface area contributed by atoms with Gasteiger partial charge in [0.25, 0.3) is 0 Å². The summed E-state index contributed by atoms with van der Waals surface area (Å²) in [5.74, 6) is 0.707. The molecule has 1 heterocycles. The Morgan fingerprint density at radius 3 is 2.72 bits per heavy atom. The van der Waals surface area contributed by atoms with Gasteiger partial charge in [-0.1, -0.05) is 39.0 Å². The van der Waals surface area contributed by atoms with Gasteiger partial charge in [0.2, 0.25) is 0 Å². The van der Waals surface area contributed by atoms with Gasteiger partial charge in [-0.3, -0.25) is 0 Å². The summed E-state index contributed by atoms with van der Waals surface area (Å²) >= 11 is 0. The molecule has 100 valence electrons. The molecule has 0 saturated carbocycles. The average molecular weight is 246 g/mol. The van der Waals surface area contributed by atoms with Crippen molar-refractivity contribution in [3.05, 3.63) is 29.8 Å². The van der Waals surface area contributed by atoms with Crippen LogP contribution in [0.4, 0.5) is 5.69 Å². The molecule has 2 atom stereocenters. The van der Waals surface area contributed by atoms with E-state index in [1.165, 1.54) is 30.6 Å². The molecule has 0 bridgehead atoms. The Bertz CT molecular complexity index is 386. The quantitative estimate of drug-likeness (QED) is 0.877. The highest BCUT2D eigenvalue weighted by Gasteiger charge is 2.28. The van der Waals surface area contributed by atoms with Crippen LogP contribution in [0.5, 0.6) is 0 Å². The van der Waals surface area contributed by atoms with Crippen molar-refractivity contribution in [3.8, 4) is 0 Å². The van der Waals surface area contributed by atoms with Crippen molar-refractivity contribution in [2.24, 2.45) is 11.7 Å². The van der Waals surface area contributed by atoms with Crippen LogP contribution in [-0.4, -0.2) is 12.6 Å². The van der Waals surface area contributed by atoms with Crippen molar-refractivity contribution in [1.29, 1.82) is 0 Å².